The lowest BCUT2D eigenvalue weighted by molar-refractivity contribution is 0.0773. The number of carbonyl (C=O) groups is 1. The van der Waals surface area contributed by atoms with Crippen LogP contribution in [0.25, 0.3) is 0 Å². The van der Waals surface area contributed by atoms with Crippen LogP contribution in [0.2, 0.25) is 0 Å². The summed E-state index contributed by atoms with van der Waals surface area (Å²) in [6, 6.07) is 13.1. The van der Waals surface area contributed by atoms with E-state index in [9.17, 15) is 17.6 Å². The molecule has 0 unspecified atom stereocenters. The third-order valence-electron chi connectivity index (χ3n) is 3.85. The van der Waals surface area contributed by atoms with Crippen LogP contribution < -0.4 is 9.46 Å². The Balaban J connectivity index is 1.82. The molecular formula is C19H23FN2O4S. The summed E-state index contributed by atoms with van der Waals surface area (Å²) in [6.45, 7) is 0.797. The van der Waals surface area contributed by atoms with E-state index in [-0.39, 0.29) is 18.3 Å². The Labute approximate surface area is 159 Å². The number of amides is 1. The number of likely N-dealkylation sites (N-methyl/N-ethyl adjacent to an activating group) is 1. The first kappa shape index (κ1) is 20.9. The van der Waals surface area contributed by atoms with Crippen molar-refractivity contribution in [3.8, 4) is 5.75 Å². The zero-order valence-electron chi connectivity index (χ0n) is 15.3. The van der Waals surface area contributed by atoms with Gasteiger partial charge in [-0.15, -0.1) is 0 Å². The molecule has 146 valence electrons. The fourth-order valence-corrected chi connectivity index (χ4v) is 2.84. The summed E-state index contributed by atoms with van der Waals surface area (Å²) >= 11 is 0. The molecule has 27 heavy (non-hydrogen) atoms. The monoisotopic (exact) mass is 394 g/mol. The third-order valence-corrected chi connectivity index (χ3v) is 4.57. The smallest absolute Gasteiger partial charge is 0.253 e. The lowest BCUT2D eigenvalue weighted by Crippen LogP contribution is -2.31. The summed E-state index contributed by atoms with van der Waals surface area (Å²) in [5.74, 6) is -0.453. The Bertz CT molecular complexity index is 870. The Morgan fingerprint density at radius 3 is 2.44 bits per heavy atom. The van der Waals surface area contributed by atoms with Gasteiger partial charge in [-0.1, -0.05) is 24.3 Å². The summed E-state index contributed by atoms with van der Waals surface area (Å²) in [4.78, 5) is 13.9. The predicted octanol–water partition coefficient (Wildman–Crippen LogP) is 2.07. The van der Waals surface area contributed by atoms with Crippen molar-refractivity contribution < 1.29 is 22.3 Å². The van der Waals surface area contributed by atoms with E-state index in [0.717, 1.165) is 11.8 Å². The van der Waals surface area contributed by atoms with E-state index in [4.69, 9.17) is 4.74 Å². The maximum atomic E-state index is 13.5. The van der Waals surface area contributed by atoms with Gasteiger partial charge in [-0.25, -0.2) is 17.5 Å². The molecule has 0 aromatic heterocycles. The average molecular weight is 394 g/mol. The SMILES string of the molecule is CN(CCOc1ccccc1F)C(=O)c1ccc(CCNS(C)(=O)=O)cc1. The highest BCUT2D eigenvalue weighted by Crippen LogP contribution is 2.15. The number of benzene rings is 2. The molecule has 0 spiro atoms. The summed E-state index contributed by atoms with van der Waals surface area (Å²) in [5, 5.41) is 0. The second-order valence-corrected chi connectivity index (χ2v) is 7.95. The topological polar surface area (TPSA) is 75.7 Å². The van der Waals surface area contributed by atoms with Gasteiger partial charge in [0, 0.05) is 19.2 Å². The van der Waals surface area contributed by atoms with Gasteiger partial charge in [-0.05, 0) is 36.2 Å². The molecule has 0 saturated heterocycles. The first-order valence-corrected chi connectivity index (χ1v) is 10.3. The van der Waals surface area contributed by atoms with Crippen LogP contribution in [0.15, 0.2) is 48.5 Å². The predicted molar refractivity (Wildman–Crippen MR) is 102 cm³/mol. The second-order valence-electron chi connectivity index (χ2n) is 6.12. The molecule has 8 heteroatoms. The largest absolute Gasteiger partial charge is 0.489 e. The standard InChI is InChI=1S/C19H23FN2O4S/c1-22(13-14-26-18-6-4-3-5-17(18)20)19(23)16-9-7-15(8-10-16)11-12-21-27(2,24)25/h3-10,21H,11-14H2,1-2H3. The number of hydrogen-bond acceptors (Lipinski definition) is 4. The van der Waals surface area contributed by atoms with Gasteiger partial charge in [-0.2, -0.15) is 0 Å². The van der Waals surface area contributed by atoms with Crippen molar-refractivity contribution >= 4 is 15.9 Å². The molecule has 2 aromatic carbocycles. The molecule has 0 fully saturated rings. The minimum absolute atomic E-state index is 0.158. The molecule has 0 aliphatic rings. The second kappa shape index (κ2) is 9.48. The van der Waals surface area contributed by atoms with Crippen LogP contribution in [0.1, 0.15) is 15.9 Å². The van der Waals surface area contributed by atoms with E-state index in [0.29, 0.717) is 25.1 Å². The maximum absolute atomic E-state index is 13.5. The van der Waals surface area contributed by atoms with Gasteiger partial charge in [0.15, 0.2) is 11.6 Å². The molecule has 0 radical (unpaired) electrons. The molecule has 1 amide bonds. The van der Waals surface area contributed by atoms with Crippen molar-refractivity contribution in [2.45, 2.75) is 6.42 Å². The summed E-state index contributed by atoms with van der Waals surface area (Å²) < 4.78 is 43.4. The van der Waals surface area contributed by atoms with Crippen molar-refractivity contribution in [2.75, 3.05) is 33.0 Å². The Kier molecular flexibility index (Phi) is 7.32. The molecule has 0 atom stereocenters. The average Bonchev–Trinajstić information content (AvgIpc) is 2.62. The van der Waals surface area contributed by atoms with Crippen molar-refractivity contribution in [3.05, 3.63) is 65.5 Å². The first-order chi connectivity index (χ1) is 12.8. The normalized spacial score (nSPS) is 11.2. The Morgan fingerprint density at radius 1 is 1.15 bits per heavy atom. The molecule has 2 rings (SSSR count). The van der Waals surface area contributed by atoms with E-state index >= 15 is 0 Å². The number of para-hydroxylation sites is 1. The number of ether oxygens (including phenoxy) is 1. The molecule has 0 aliphatic carbocycles. The van der Waals surface area contributed by atoms with E-state index in [1.54, 1.807) is 43.4 Å². The van der Waals surface area contributed by atoms with Gasteiger partial charge in [0.1, 0.15) is 6.61 Å². The zero-order chi connectivity index (χ0) is 19.9. The highest BCUT2D eigenvalue weighted by molar-refractivity contribution is 7.88. The number of halogens is 1. The summed E-state index contributed by atoms with van der Waals surface area (Å²) in [7, 11) is -1.56. The Hall–Kier alpha value is -2.45. The van der Waals surface area contributed by atoms with Gasteiger partial charge in [0.25, 0.3) is 5.91 Å². The number of rotatable bonds is 9. The number of carbonyl (C=O) groups excluding carboxylic acids is 1. The summed E-state index contributed by atoms with van der Waals surface area (Å²) in [6.07, 6.45) is 1.65. The van der Waals surface area contributed by atoms with Crippen LogP contribution in [0.3, 0.4) is 0 Å². The van der Waals surface area contributed by atoms with E-state index in [2.05, 4.69) is 4.72 Å². The highest BCUT2D eigenvalue weighted by atomic mass is 32.2. The van der Waals surface area contributed by atoms with Gasteiger partial charge < -0.3 is 9.64 Å². The van der Waals surface area contributed by atoms with Crippen LogP contribution in [0.4, 0.5) is 4.39 Å². The molecule has 0 bridgehead atoms. The van der Waals surface area contributed by atoms with Crippen molar-refractivity contribution in [2.24, 2.45) is 0 Å². The van der Waals surface area contributed by atoms with Gasteiger partial charge >= 0.3 is 0 Å². The first-order valence-electron chi connectivity index (χ1n) is 8.42. The molecule has 0 saturated carbocycles. The molecule has 0 heterocycles. The van der Waals surface area contributed by atoms with E-state index in [1.165, 1.54) is 17.0 Å². The van der Waals surface area contributed by atoms with Gasteiger partial charge in [-0.3, -0.25) is 4.79 Å². The van der Waals surface area contributed by atoms with Crippen LogP contribution in [-0.4, -0.2) is 52.2 Å². The van der Waals surface area contributed by atoms with Crippen LogP contribution >= 0.6 is 0 Å². The fourth-order valence-electron chi connectivity index (χ4n) is 2.37. The van der Waals surface area contributed by atoms with Crippen molar-refractivity contribution in [3.63, 3.8) is 0 Å². The van der Waals surface area contributed by atoms with Gasteiger partial charge in [0.05, 0.1) is 12.8 Å². The maximum Gasteiger partial charge on any atom is 0.253 e. The third kappa shape index (κ3) is 6.99. The molecule has 2 aromatic rings. The number of sulfonamides is 1. The fraction of sp³-hybridized carbons (Fsp3) is 0.316. The minimum Gasteiger partial charge on any atom is -0.489 e. The number of nitrogens with zero attached hydrogens (tertiary/aromatic N) is 1. The lowest BCUT2D eigenvalue weighted by atomic mass is 10.1. The van der Waals surface area contributed by atoms with Crippen molar-refractivity contribution in [1.29, 1.82) is 0 Å². The zero-order valence-corrected chi connectivity index (χ0v) is 16.1. The van der Waals surface area contributed by atoms with Crippen LogP contribution in [-0.2, 0) is 16.4 Å². The number of hydrogen-bond donors (Lipinski definition) is 1. The molecular weight excluding hydrogens is 371 g/mol. The number of nitrogens with one attached hydrogen (secondary N) is 1. The molecule has 6 nitrogen and oxygen atoms in total. The highest BCUT2D eigenvalue weighted by Gasteiger charge is 2.12. The van der Waals surface area contributed by atoms with Crippen molar-refractivity contribution in [1.82, 2.24) is 9.62 Å². The minimum atomic E-state index is -3.20. The lowest BCUT2D eigenvalue weighted by Gasteiger charge is -2.18. The molecule has 0 aliphatic heterocycles. The van der Waals surface area contributed by atoms with Gasteiger partial charge in [0.2, 0.25) is 10.0 Å². The van der Waals surface area contributed by atoms with Crippen LogP contribution in [0.5, 0.6) is 5.75 Å². The van der Waals surface area contributed by atoms with Crippen LogP contribution in [0, 0.1) is 5.82 Å². The quantitative estimate of drug-likeness (QED) is 0.707. The summed E-state index contributed by atoms with van der Waals surface area (Å²) in [5.41, 5.74) is 1.44. The molecule has 1 N–H and O–H groups in total. The van der Waals surface area contributed by atoms with E-state index in [1.807, 2.05) is 0 Å². The van der Waals surface area contributed by atoms with E-state index < -0.39 is 15.8 Å². The Morgan fingerprint density at radius 2 is 1.81 bits per heavy atom.